The van der Waals surface area contributed by atoms with E-state index in [1.807, 2.05) is 12.1 Å². The third-order valence-electron chi connectivity index (χ3n) is 8.75. The van der Waals surface area contributed by atoms with Gasteiger partial charge in [-0.15, -0.1) is 0 Å². The number of carbonyl (C=O) groups excluding carboxylic acids is 3. The van der Waals surface area contributed by atoms with Crippen molar-refractivity contribution in [2.24, 2.45) is 11.7 Å². The van der Waals surface area contributed by atoms with E-state index < -0.39 is 35.2 Å². The molecule has 0 bridgehead atoms. The Morgan fingerprint density at radius 3 is 2.36 bits per heavy atom. The molecule has 1 aromatic carbocycles. The van der Waals surface area contributed by atoms with Crippen LogP contribution < -0.4 is 11.1 Å². The summed E-state index contributed by atoms with van der Waals surface area (Å²) >= 11 is 0. The predicted octanol–water partition coefficient (Wildman–Crippen LogP) is 4.68. The lowest BCUT2D eigenvalue weighted by atomic mass is 9.73. The van der Waals surface area contributed by atoms with Gasteiger partial charge in [0.05, 0.1) is 5.54 Å². The second-order valence-electron chi connectivity index (χ2n) is 12.1. The number of nitrogens with one attached hydrogen (secondary N) is 1. The van der Waals surface area contributed by atoms with Crippen molar-refractivity contribution in [2.75, 3.05) is 13.1 Å². The minimum absolute atomic E-state index is 0.149. The Kier molecular flexibility index (Phi) is 8.64. The van der Waals surface area contributed by atoms with Crippen LogP contribution in [0.2, 0.25) is 0 Å². The van der Waals surface area contributed by atoms with Gasteiger partial charge in [-0.2, -0.15) is 13.2 Å². The molecule has 0 unspecified atom stereocenters. The molecular formula is C29H40F3N3O4. The average molecular weight is 552 g/mol. The highest BCUT2D eigenvalue weighted by molar-refractivity contribution is 5.91. The summed E-state index contributed by atoms with van der Waals surface area (Å²) in [5.41, 5.74) is 5.87. The maximum atomic E-state index is 13.7. The number of alkyl halides is 3. The minimum Gasteiger partial charge on any atom is -0.451 e. The van der Waals surface area contributed by atoms with Gasteiger partial charge in [-0.1, -0.05) is 56.4 Å². The first-order chi connectivity index (χ1) is 18.3. The van der Waals surface area contributed by atoms with Crippen LogP contribution in [0.4, 0.5) is 13.2 Å². The molecule has 1 spiro atoms. The Morgan fingerprint density at radius 2 is 1.74 bits per heavy atom. The number of hydrogen-bond acceptors (Lipinski definition) is 5. The van der Waals surface area contributed by atoms with E-state index in [9.17, 15) is 27.6 Å². The number of rotatable bonds is 7. The van der Waals surface area contributed by atoms with Crippen LogP contribution in [0, 0.1) is 5.92 Å². The fourth-order valence-electron chi connectivity index (χ4n) is 6.47. The second-order valence-corrected chi connectivity index (χ2v) is 12.1. The highest BCUT2D eigenvalue weighted by atomic mass is 19.4. The van der Waals surface area contributed by atoms with Crippen molar-refractivity contribution in [2.45, 2.75) is 107 Å². The number of nitrogens with zero attached hydrogens (tertiary/aromatic N) is 1. The number of nitrogens with two attached hydrogens (primary N) is 1. The summed E-state index contributed by atoms with van der Waals surface area (Å²) in [5, 5.41) is 2.89. The topological polar surface area (TPSA) is 102 Å². The van der Waals surface area contributed by atoms with Crippen molar-refractivity contribution >= 4 is 17.8 Å². The molecule has 0 aromatic heterocycles. The van der Waals surface area contributed by atoms with Crippen LogP contribution in [0.1, 0.15) is 95.3 Å². The molecule has 39 heavy (non-hydrogen) atoms. The lowest BCUT2D eigenvalue weighted by Crippen LogP contribution is -2.57. The van der Waals surface area contributed by atoms with Crippen LogP contribution in [0.25, 0.3) is 0 Å². The fourth-order valence-corrected chi connectivity index (χ4v) is 6.47. The summed E-state index contributed by atoms with van der Waals surface area (Å²) in [6.07, 6.45) is 2.59. The summed E-state index contributed by atoms with van der Waals surface area (Å²) in [7, 11) is 0. The highest BCUT2D eigenvalue weighted by Crippen LogP contribution is 2.52. The molecule has 1 aromatic rings. The molecule has 0 radical (unpaired) electrons. The number of hydrogen-bond donors (Lipinski definition) is 2. The molecule has 3 N–H and O–H groups in total. The number of carbonyl (C=O) groups is 3. The Bertz CT molecular complexity index is 1050. The molecule has 2 amide bonds. The van der Waals surface area contributed by atoms with Crippen LogP contribution in [-0.2, 0) is 24.5 Å². The summed E-state index contributed by atoms with van der Waals surface area (Å²) in [5.74, 6) is -2.17. The zero-order valence-corrected chi connectivity index (χ0v) is 22.8. The molecule has 1 saturated heterocycles. The predicted molar refractivity (Wildman–Crippen MR) is 139 cm³/mol. The van der Waals surface area contributed by atoms with Crippen LogP contribution in [0.15, 0.2) is 24.3 Å². The van der Waals surface area contributed by atoms with Crippen molar-refractivity contribution in [1.82, 2.24) is 10.2 Å². The molecule has 2 atom stereocenters. The highest BCUT2D eigenvalue weighted by Gasteiger charge is 2.50. The molecule has 7 nitrogen and oxygen atoms in total. The number of benzene rings is 1. The molecule has 10 heteroatoms. The third-order valence-corrected chi connectivity index (χ3v) is 8.75. The number of halogens is 3. The van der Waals surface area contributed by atoms with Crippen molar-refractivity contribution in [3.8, 4) is 0 Å². The standard InChI is InChI=1S/C29H40F3N3O4/c1-27(2,33)25(37)34-22(13-12-19-8-4-3-5-9-19)24(36)35-16-14-28(15-17-35)18-23(39-26(38)29(30,31)32)20-10-6-7-11-21(20)28/h6-7,10-11,19,22-23H,3-5,8-9,12-18,33H2,1-2H3,(H,34,37)/t22-,23-/m1/s1. The first-order valence-corrected chi connectivity index (χ1v) is 14.1. The molecule has 4 rings (SSSR count). The van der Waals surface area contributed by atoms with Gasteiger partial charge in [0, 0.05) is 18.5 Å². The van der Waals surface area contributed by atoms with Crippen LogP contribution in [0.5, 0.6) is 0 Å². The van der Waals surface area contributed by atoms with Gasteiger partial charge >= 0.3 is 12.1 Å². The van der Waals surface area contributed by atoms with Crippen molar-refractivity contribution in [3.05, 3.63) is 35.4 Å². The van der Waals surface area contributed by atoms with Gasteiger partial charge in [0.1, 0.15) is 12.1 Å². The van der Waals surface area contributed by atoms with Gasteiger partial charge in [-0.05, 0) is 63.0 Å². The second kappa shape index (κ2) is 11.5. The molecule has 1 saturated carbocycles. The van der Waals surface area contributed by atoms with E-state index in [1.54, 1.807) is 30.9 Å². The summed E-state index contributed by atoms with van der Waals surface area (Å²) in [4.78, 5) is 39.8. The fraction of sp³-hybridized carbons (Fsp3) is 0.690. The number of esters is 1. The SMILES string of the molecule is CC(C)(N)C(=O)N[C@H](CCC1CCCCC1)C(=O)N1CCC2(CC1)C[C@@H](OC(=O)C(F)(F)F)c1ccccc12. The Morgan fingerprint density at radius 1 is 1.10 bits per heavy atom. The number of likely N-dealkylation sites (tertiary alicyclic amines) is 1. The van der Waals surface area contributed by atoms with Gasteiger partial charge in [-0.25, -0.2) is 4.79 Å². The Balaban J connectivity index is 1.45. The van der Waals surface area contributed by atoms with Crippen molar-refractivity contribution < 1.29 is 32.3 Å². The number of piperidine rings is 1. The Hall–Kier alpha value is -2.62. The van der Waals surface area contributed by atoms with Gasteiger partial charge in [0.15, 0.2) is 0 Å². The number of fused-ring (bicyclic) bond motifs is 2. The maximum Gasteiger partial charge on any atom is 0.490 e. The van der Waals surface area contributed by atoms with Gasteiger partial charge in [-0.3, -0.25) is 9.59 Å². The van der Waals surface area contributed by atoms with Crippen LogP contribution in [0.3, 0.4) is 0 Å². The lowest BCUT2D eigenvalue weighted by molar-refractivity contribution is -0.205. The van der Waals surface area contributed by atoms with E-state index in [-0.39, 0.29) is 18.2 Å². The maximum absolute atomic E-state index is 13.7. The van der Waals surface area contributed by atoms with Gasteiger partial charge in [0.25, 0.3) is 0 Å². The molecule has 2 fully saturated rings. The summed E-state index contributed by atoms with van der Waals surface area (Å²) < 4.78 is 43.7. The molecule has 2 aliphatic carbocycles. The number of ether oxygens (including phenoxy) is 1. The number of amides is 2. The molecule has 1 heterocycles. The smallest absolute Gasteiger partial charge is 0.451 e. The Labute approximate surface area is 228 Å². The van der Waals surface area contributed by atoms with Crippen LogP contribution >= 0.6 is 0 Å². The quantitative estimate of drug-likeness (QED) is 0.479. The average Bonchev–Trinajstić information content (AvgIpc) is 3.18. The third kappa shape index (κ3) is 6.76. The van der Waals surface area contributed by atoms with E-state index in [4.69, 9.17) is 10.5 Å². The molecule has 1 aliphatic heterocycles. The molecular weight excluding hydrogens is 511 g/mol. The van der Waals surface area contributed by atoms with Crippen molar-refractivity contribution in [3.63, 3.8) is 0 Å². The summed E-state index contributed by atoms with van der Waals surface area (Å²) in [6, 6.07) is 6.47. The van der Waals surface area contributed by atoms with Gasteiger partial charge in [0.2, 0.25) is 11.8 Å². The minimum atomic E-state index is -5.06. The van der Waals surface area contributed by atoms with E-state index in [2.05, 4.69) is 5.32 Å². The zero-order chi connectivity index (χ0) is 28.4. The lowest BCUT2D eigenvalue weighted by Gasteiger charge is -2.41. The van der Waals surface area contributed by atoms with E-state index in [1.165, 1.54) is 19.3 Å². The largest absolute Gasteiger partial charge is 0.490 e. The molecule has 216 valence electrons. The van der Waals surface area contributed by atoms with Crippen molar-refractivity contribution in [1.29, 1.82) is 0 Å². The van der Waals surface area contributed by atoms with Crippen LogP contribution in [-0.4, -0.2) is 53.5 Å². The van der Waals surface area contributed by atoms with E-state index in [0.717, 1.165) is 24.8 Å². The zero-order valence-electron chi connectivity index (χ0n) is 22.8. The monoisotopic (exact) mass is 551 g/mol. The summed E-state index contributed by atoms with van der Waals surface area (Å²) in [6.45, 7) is 4.01. The van der Waals surface area contributed by atoms with E-state index in [0.29, 0.717) is 43.8 Å². The first-order valence-electron chi connectivity index (χ1n) is 14.1. The van der Waals surface area contributed by atoms with Gasteiger partial charge < -0.3 is 20.7 Å². The molecule has 3 aliphatic rings. The normalized spacial score (nSPS) is 22.3. The first kappa shape index (κ1) is 29.4. The van der Waals surface area contributed by atoms with E-state index >= 15 is 0 Å².